The van der Waals surface area contributed by atoms with Gasteiger partial charge in [-0.05, 0) is 54.0 Å². The minimum atomic E-state index is -4.45. The Hall–Kier alpha value is -2.34. The van der Waals surface area contributed by atoms with Gasteiger partial charge in [-0.25, -0.2) is 0 Å². The van der Waals surface area contributed by atoms with Gasteiger partial charge in [-0.2, -0.15) is 13.2 Å². The van der Waals surface area contributed by atoms with Crippen LogP contribution in [-0.2, 0) is 35.8 Å². The lowest BCUT2D eigenvalue weighted by Crippen LogP contribution is -2.55. The van der Waals surface area contributed by atoms with E-state index in [4.69, 9.17) is 0 Å². The van der Waals surface area contributed by atoms with Crippen LogP contribution in [0.4, 0.5) is 13.2 Å². The van der Waals surface area contributed by atoms with Crippen molar-refractivity contribution in [1.29, 1.82) is 0 Å². The molecule has 160 valence electrons. The normalized spacial score (nSPS) is 18.3. The summed E-state index contributed by atoms with van der Waals surface area (Å²) in [6.07, 6.45) is -1.10. The van der Waals surface area contributed by atoms with Crippen molar-refractivity contribution in [2.24, 2.45) is 0 Å². The first-order valence-corrected chi connectivity index (χ1v) is 10.6. The average molecular weight is 416 g/mol. The number of aryl methyl sites for hydroxylation is 1. The predicted molar refractivity (Wildman–Crippen MR) is 110 cm³/mol. The van der Waals surface area contributed by atoms with Crippen LogP contribution < -0.4 is 5.32 Å². The number of carbonyl (C=O) groups is 1. The molecule has 0 saturated carbocycles. The summed E-state index contributed by atoms with van der Waals surface area (Å²) in [5.41, 5.74) is 3.22. The van der Waals surface area contributed by atoms with Gasteiger partial charge >= 0.3 is 6.18 Å². The summed E-state index contributed by atoms with van der Waals surface area (Å²) < 4.78 is 39.7. The minimum Gasteiger partial charge on any atom is -0.342 e. The number of rotatable bonds is 3. The molecule has 0 unspecified atom stereocenters. The molecule has 2 aromatic carbocycles. The zero-order valence-corrected chi connectivity index (χ0v) is 17.2. The van der Waals surface area contributed by atoms with E-state index in [2.05, 4.69) is 30.4 Å². The second kappa shape index (κ2) is 8.06. The standard InChI is InChI=1S/C24H27F3N2O/c1-2-17-7-8-20-19(15-17)9-12-28-23(20)10-13-29(14-11-23)22(30)16-18-5-3-4-6-21(18)24(25,26)27/h3-8,15,28H,2,9-14,16H2,1H3. The van der Waals surface area contributed by atoms with E-state index in [1.165, 1.54) is 28.8 Å². The van der Waals surface area contributed by atoms with Crippen LogP contribution >= 0.6 is 0 Å². The van der Waals surface area contributed by atoms with E-state index in [1.54, 1.807) is 11.0 Å². The lowest BCUT2D eigenvalue weighted by molar-refractivity contribution is -0.138. The maximum atomic E-state index is 13.2. The Balaban J connectivity index is 1.47. The fraction of sp³-hybridized carbons (Fsp3) is 0.458. The Morgan fingerprint density at radius 2 is 1.87 bits per heavy atom. The third kappa shape index (κ3) is 3.97. The molecule has 2 aromatic rings. The number of alkyl halides is 3. The van der Waals surface area contributed by atoms with Crippen LogP contribution in [-0.4, -0.2) is 30.4 Å². The molecule has 1 amide bonds. The third-order valence-electron chi connectivity index (χ3n) is 6.59. The van der Waals surface area contributed by atoms with Crippen molar-refractivity contribution in [2.75, 3.05) is 19.6 Å². The predicted octanol–water partition coefficient (Wildman–Crippen LogP) is 4.47. The number of nitrogens with one attached hydrogen (secondary N) is 1. The molecule has 0 aliphatic carbocycles. The van der Waals surface area contributed by atoms with Crippen molar-refractivity contribution < 1.29 is 18.0 Å². The number of nitrogens with zero attached hydrogens (tertiary/aromatic N) is 1. The van der Waals surface area contributed by atoms with Crippen molar-refractivity contribution in [3.63, 3.8) is 0 Å². The van der Waals surface area contributed by atoms with Gasteiger partial charge in [0.1, 0.15) is 0 Å². The second-order valence-electron chi connectivity index (χ2n) is 8.32. The van der Waals surface area contributed by atoms with Crippen LogP contribution in [0, 0.1) is 0 Å². The molecule has 2 aliphatic heterocycles. The molecule has 2 aliphatic rings. The number of carbonyl (C=O) groups excluding carboxylic acids is 1. The number of benzene rings is 2. The van der Waals surface area contributed by atoms with Gasteiger partial charge in [-0.15, -0.1) is 0 Å². The molecule has 0 atom stereocenters. The van der Waals surface area contributed by atoms with E-state index >= 15 is 0 Å². The molecule has 1 saturated heterocycles. The number of hydrogen-bond donors (Lipinski definition) is 1. The molecular weight excluding hydrogens is 389 g/mol. The maximum absolute atomic E-state index is 13.2. The Morgan fingerprint density at radius 1 is 1.13 bits per heavy atom. The summed E-state index contributed by atoms with van der Waals surface area (Å²) in [6.45, 7) is 4.16. The highest BCUT2D eigenvalue weighted by molar-refractivity contribution is 5.79. The largest absolute Gasteiger partial charge is 0.416 e. The molecule has 1 N–H and O–H groups in total. The number of fused-ring (bicyclic) bond motifs is 2. The molecule has 3 nitrogen and oxygen atoms in total. The Labute approximate surface area is 175 Å². The summed E-state index contributed by atoms with van der Waals surface area (Å²) in [5.74, 6) is -0.237. The molecule has 1 fully saturated rings. The molecule has 1 spiro atoms. The molecule has 4 rings (SSSR count). The summed E-state index contributed by atoms with van der Waals surface area (Å²) in [5, 5.41) is 3.68. The topological polar surface area (TPSA) is 32.3 Å². The molecular formula is C24H27F3N2O. The fourth-order valence-corrected chi connectivity index (χ4v) is 4.88. The van der Waals surface area contributed by atoms with Crippen LogP contribution in [0.1, 0.15) is 47.6 Å². The van der Waals surface area contributed by atoms with Crippen LogP contribution in [0.15, 0.2) is 42.5 Å². The van der Waals surface area contributed by atoms with E-state index in [1.807, 2.05) is 0 Å². The first kappa shape index (κ1) is 20.9. The smallest absolute Gasteiger partial charge is 0.342 e. The molecule has 2 heterocycles. The lowest BCUT2D eigenvalue weighted by Gasteiger charge is -2.46. The summed E-state index contributed by atoms with van der Waals surface area (Å²) in [7, 11) is 0. The highest BCUT2D eigenvalue weighted by Crippen LogP contribution is 2.38. The van der Waals surface area contributed by atoms with Crippen LogP contribution in [0.3, 0.4) is 0 Å². The van der Waals surface area contributed by atoms with Crippen molar-refractivity contribution in [1.82, 2.24) is 10.2 Å². The van der Waals surface area contributed by atoms with Gasteiger partial charge in [0.25, 0.3) is 0 Å². The van der Waals surface area contributed by atoms with Gasteiger partial charge in [0.2, 0.25) is 5.91 Å². The number of piperidine rings is 1. The van der Waals surface area contributed by atoms with Crippen molar-refractivity contribution in [3.8, 4) is 0 Å². The minimum absolute atomic E-state index is 0.0449. The maximum Gasteiger partial charge on any atom is 0.416 e. The van der Waals surface area contributed by atoms with E-state index < -0.39 is 11.7 Å². The first-order chi connectivity index (χ1) is 14.3. The molecule has 0 bridgehead atoms. The first-order valence-electron chi connectivity index (χ1n) is 10.6. The SMILES string of the molecule is CCc1ccc2c(c1)CCNC21CCN(C(=O)Cc2ccccc2C(F)(F)F)CC1. The monoisotopic (exact) mass is 416 g/mol. The van der Waals surface area contributed by atoms with Gasteiger partial charge in [0.15, 0.2) is 0 Å². The summed E-state index contributed by atoms with van der Waals surface area (Å²) >= 11 is 0. The quantitative estimate of drug-likeness (QED) is 0.801. The third-order valence-corrected chi connectivity index (χ3v) is 6.59. The Kier molecular flexibility index (Phi) is 5.62. The second-order valence-corrected chi connectivity index (χ2v) is 8.32. The van der Waals surface area contributed by atoms with Crippen molar-refractivity contribution >= 4 is 5.91 Å². The van der Waals surface area contributed by atoms with Crippen LogP contribution in [0.2, 0.25) is 0 Å². The van der Waals surface area contributed by atoms with Crippen LogP contribution in [0.5, 0.6) is 0 Å². The van der Waals surface area contributed by atoms with E-state index in [0.29, 0.717) is 13.1 Å². The highest BCUT2D eigenvalue weighted by atomic mass is 19.4. The zero-order chi connectivity index (χ0) is 21.4. The number of amides is 1. The fourth-order valence-electron chi connectivity index (χ4n) is 4.88. The van der Waals surface area contributed by atoms with E-state index in [-0.39, 0.29) is 23.4 Å². The van der Waals surface area contributed by atoms with Gasteiger partial charge < -0.3 is 10.2 Å². The molecule has 0 aromatic heterocycles. The number of halogens is 3. The average Bonchev–Trinajstić information content (AvgIpc) is 2.74. The van der Waals surface area contributed by atoms with Crippen molar-refractivity contribution in [3.05, 3.63) is 70.3 Å². The van der Waals surface area contributed by atoms with Gasteiger partial charge in [0, 0.05) is 25.2 Å². The zero-order valence-electron chi connectivity index (χ0n) is 17.2. The Morgan fingerprint density at radius 3 is 2.57 bits per heavy atom. The Bertz CT molecular complexity index is 930. The molecule has 0 radical (unpaired) electrons. The van der Waals surface area contributed by atoms with Gasteiger partial charge in [-0.3, -0.25) is 4.79 Å². The summed E-state index contributed by atoms with van der Waals surface area (Å²) in [6, 6.07) is 12.0. The molecule has 6 heteroatoms. The van der Waals surface area contributed by atoms with E-state index in [0.717, 1.165) is 38.3 Å². The van der Waals surface area contributed by atoms with Gasteiger partial charge in [-0.1, -0.05) is 43.3 Å². The van der Waals surface area contributed by atoms with Crippen LogP contribution in [0.25, 0.3) is 0 Å². The summed E-state index contributed by atoms with van der Waals surface area (Å²) in [4.78, 5) is 14.5. The number of hydrogen-bond acceptors (Lipinski definition) is 2. The van der Waals surface area contributed by atoms with Gasteiger partial charge in [0.05, 0.1) is 12.0 Å². The number of likely N-dealkylation sites (tertiary alicyclic amines) is 1. The highest BCUT2D eigenvalue weighted by Gasteiger charge is 2.40. The lowest BCUT2D eigenvalue weighted by atomic mass is 9.75. The van der Waals surface area contributed by atoms with E-state index in [9.17, 15) is 18.0 Å². The van der Waals surface area contributed by atoms with Crippen molar-refractivity contribution in [2.45, 2.75) is 50.7 Å². The molecule has 30 heavy (non-hydrogen) atoms.